The summed E-state index contributed by atoms with van der Waals surface area (Å²) in [5.41, 5.74) is 0.862. The Morgan fingerprint density at radius 1 is 0.821 bits per heavy atom. The van der Waals surface area contributed by atoms with Gasteiger partial charge in [0, 0.05) is 34.8 Å². The highest BCUT2D eigenvalue weighted by atomic mass is 35.5. The van der Waals surface area contributed by atoms with E-state index in [1.165, 1.54) is 47.2 Å². The molecule has 0 atom stereocenters. The molecule has 0 radical (unpaired) electrons. The first-order chi connectivity index (χ1) is 26.9. The van der Waals surface area contributed by atoms with Crippen LogP contribution in [0.1, 0.15) is 28.2 Å². The Bertz CT molecular complexity index is 2470. The quantitative estimate of drug-likeness (QED) is 0.0999. The van der Waals surface area contributed by atoms with Crippen molar-refractivity contribution in [3.05, 3.63) is 142 Å². The van der Waals surface area contributed by atoms with Crippen LogP contribution in [0.4, 0.5) is 26.3 Å². The van der Waals surface area contributed by atoms with Crippen LogP contribution in [0.15, 0.2) is 95.9 Å². The summed E-state index contributed by atoms with van der Waals surface area (Å²) in [7, 11) is 1.55. The van der Waals surface area contributed by atoms with Crippen LogP contribution in [0, 0.1) is 17.5 Å². The van der Waals surface area contributed by atoms with E-state index < -0.39 is 30.2 Å². The number of rotatable bonds is 14. The minimum absolute atomic E-state index is 0.0311. The van der Waals surface area contributed by atoms with Crippen molar-refractivity contribution in [2.24, 2.45) is 0 Å². The molecule has 0 N–H and O–H groups in total. The highest BCUT2D eigenvalue weighted by molar-refractivity contribution is 6.30. The lowest BCUT2D eigenvalue weighted by molar-refractivity contribution is -0.141. The minimum atomic E-state index is -4.55. The Kier molecular flexibility index (Phi) is 10.9. The zero-order valence-corrected chi connectivity index (χ0v) is 29.9. The molecule has 0 bridgehead atoms. The molecular weight excluding hydrogens is 768 g/mol. The zero-order chi connectivity index (χ0) is 39.4. The topological polar surface area (TPSA) is 115 Å². The third kappa shape index (κ3) is 8.94. The van der Waals surface area contributed by atoms with Crippen LogP contribution >= 0.6 is 11.6 Å². The number of hydrogen-bond acceptors (Lipinski definition) is 9. The molecule has 0 saturated heterocycles. The number of pyridine rings is 1. The molecule has 18 heteroatoms. The third-order valence-corrected chi connectivity index (χ3v) is 8.66. The molecule has 0 amide bonds. The van der Waals surface area contributed by atoms with E-state index in [4.69, 9.17) is 30.3 Å². The lowest BCUT2D eigenvalue weighted by Crippen LogP contribution is -2.20. The van der Waals surface area contributed by atoms with Gasteiger partial charge in [-0.25, -0.2) is 23.1 Å². The van der Waals surface area contributed by atoms with E-state index in [2.05, 4.69) is 25.3 Å². The van der Waals surface area contributed by atoms with Crippen molar-refractivity contribution in [2.45, 2.75) is 38.9 Å². The highest BCUT2D eigenvalue weighted by Gasteiger charge is 2.29. The van der Waals surface area contributed by atoms with Crippen LogP contribution in [0.3, 0.4) is 0 Å². The first-order valence-corrected chi connectivity index (χ1v) is 17.0. The number of alkyl halides is 3. The number of imidazole rings is 1. The second-order valence-electron chi connectivity index (χ2n) is 12.3. The van der Waals surface area contributed by atoms with E-state index in [-0.39, 0.29) is 88.4 Å². The average molecular weight is 796 g/mol. The van der Waals surface area contributed by atoms with E-state index >= 15 is 8.78 Å². The van der Waals surface area contributed by atoms with Gasteiger partial charge in [0.1, 0.15) is 48.8 Å². The van der Waals surface area contributed by atoms with Gasteiger partial charge in [-0.2, -0.15) is 13.2 Å². The van der Waals surface area contributed by atoms with Crippen LogP contribution < -0.4 is 14.2 Å². The average Bonchev–Trinajstić information content (AvgIpc) is 3.92. The van der Waals surface area contributed by atoms with Gasteiger partial charge in [-0.3, -0.25) is 0 Å². The first-order valence-electron chi connectivity index (χ1n) is 16.6. The van der Waals surface area contributed by atoms with Gasteiger partial charge in [0.2, 0.25) is 17.5 Å². The Morgan fingerprint density at radius 3 is 2.38 bits per heavy atom. The lowest BCUT2D eigenvalue weighted by Gasteiger charge is -2.14. The molecule has 11 nitrogen and oxygen atoms in total. The summed E-state index contributed by atoms with van der Waals surface area (Å²) in [5.74, 6) is -1.32. The van der Waals surface area contributed by atoms with Gasteiger partial charge in [-0.05, 0) is 58.7 Å². The summed E-state index contributed by atoms with van der Waals surface area (Å²) in [5, 5.41) is 12.5. The van der Waals surface area contributed by atoms with Crippen molar-refractivity contribution in [1.29, 1.82) is 0 Å². The minimum Gasteiger partial charge on any atom is -0.497 e. The first kappa shape index (κ1) is 37.9. The number of halogens is 7. The van der Waals surface area contributed by atoms with Gasteiger partial charge >= 0.3 is 6.18 Å². The van der Waals surface area contributed by atoms with E-state index in [0.717, 1.165) is 34.7 Å². The van der Waals surface area contributed by atoms with Crippen molar-refractivity contribution >= 4 is 11.6 Å². The molecule has 7 aromatic rings. The van der Waals surface area contributed by atoms with Gasteiger partial charge < -0.3 is 27.9 Å². The molecule has 4 aromatic heterocycles. The normalized spacial score (nSPS) is 11.6. The highest BCUT2D eigenvalue weighted by Crippen LogP contribution is 2.30. The fourth-order valence-electron chi connectivity index (χ4n) is 5.63. The van der Waals surface area contributed by atoms with Crippen LogP contribution in [0.2, 0.25) is 5.02 Å². The van der Waals surface area contributed by atoms with Crippen LogP contribution in [0.25, 0.3) is 22.8 Å². The van der Waals surface area contributed by atoms with E-state index in [1.54, 1.807) is 31.4 Å². The van der Waals surface area contributed by atoms with Gasteiger partial charge in [0.05, 0.1) is 37.4 Å². The van der Waals surface area contributed by atoms with Crippen molar-refractivity contribution < 1.29 is 45.1 Å². The maximum absolute atomic E-state index is 15.8. The number of nitrogens with zero attached hydrogens (tertiary/aromatic N) is 7. The van der Waals surface area contributed by atoms with Crippen molar-refractivity contribution in [3.8, 4) is 40.4 Å². The molecule has 0 fully saturated rings. The number of aromatic nitrogens is 7. The molecule has 56 heavy (non-hydrogen) atoms. The fraction of sp³-hybridized carbons (Fsp3) is 0.184. The number of benzene rings is 3. The largest absolute Gasteiger partial charge is 0.497 e. The predicted molar refractivity (Wildman–Crippen MR) is 188 cm³/mol. The maximum Gasteiger partial charge on any atom is 0.406 e. The van der Waals surface area contributed by atoms with Gasteiger partial charge in [-0.15, -0.1) is 10.2 Å². The zero-order valence-electron chi connectivity index (χ0n) is 29.1. The Hall–Kier alpha value is -6.36. The Morgan fingerprint density at radius 2 is 1.61 bits per heavy atom. The number of methoxy groups -OCH3 is 1. The number of hydrogen-bond donors (Lipinski definition) is 0. The predicted octanol–water partition coefficient (Wildman–Crippen LogP) is 8.63. The van der Waals surface area contributed by atoms with Crippen molar-refractivity contribution in [3.63, 3.8) is 0 Å². The summed E-state index contributed by atoms with van der Waals surface area (Å²) in [4.78, 5) is 8.14. The van der Waals surface area contributed by atoms with E-state index in [1.807, 2.05) is 0 Å². The standard InChI is InChI=1S/C38H28ClF6N7O4/c1-53-27-9-5-22(6-10-27)18-54-36-15-33(56-50-36)37-49-48-34(52(37)17-26-16-46-21-51(26)20-38(43,44)45)12-24-11-31(42)28(14-30(24)41)32-3-2-4-35(47-32)55-19-23-7-8-25(39)13-29(23)40/h2-11,13-16,21H,12,17-20H2,1H3. The molecule has 288 valence electrons. The third-order valence-electron chi connectivity index (χ3n) is 8.43. The molecule has 0 aliphatic rings. The van der Waals surface area contributed by atoms with Gasteiger partial charge in [-0.1, -0.05) is 35.9 Å². The SMILES string of the molecule is COc1ccc(COc2cc(-c3nnc(Cc4cc(F)c(-c5cccc(OCc6ccc(Cl)cc6F)n5)cc4F)n3Cc3cncn3CC(F)(F)F)on2)cc1. The number of ether oxygens (including phenoxy) is 3. The molecular formula is C38H28ClF6N7O4. The maximum atomic E-state index is 15.8. The van der Waals surface area contributed by atoms with Crippen LogP contribution in [-0.2, 0) is 32.7 Å². The smallest absolute Gasteiger partial charge is 0.406 e. The summed E-state index contributed by atoms with van der Waals surface area (Å²) < 4.78 is 110. The van der Waals surface area contributed by atoms with Crippen LogP contribution in [0.5, 0.6) is 17.5 Å². The van der Waals surface area contributed by atoms with Crippen LogP contribution in [-0.4, -0.2) is 47.7 Å². The molecule has 0 unspecified atom stereocenters. The Balaban J connectivity index is 1.15. The second-order valence-corrected chi connectivity index (χ2v) is 12.7. The monoisotopic (exact) mass is 795 g/mol. The summed E-state index contributed by atoms with van der Waals surface area (Å²) in [6, 6.07) is 19.0. The molecule has 0 saturated carbocycles. The molecule has 0 aliphatic carbocycles. The van der Waals surface area contributed by atoms with Gasteiger partial charge in [0.25, 0.3) is 5.88 Å². The van der Waals surface area contributed by atoms with Gasteiger partial charge in [0.15, 0.2) is 0 Å². The molecule has 0 spiro atoms. The second kappa shape index (κ2) is 16.2. The lowest BCUT2D eigenvalue weighted by atomic mass is 10.0. The molecule has 3 aromatic carbocycles. The van der Waals surface area contributed by atoms with E-state index in [0.29, 0.717) is 5.75 Å². The van der Waals surface area contributed by atoms with Crippen molar-refractivity contribution in [2.75, 3.05) is 7.11 Å². The fourth-order valence-corrected chi connectivity index (χ4v) is 5.79. The summed E-state index contributed by atoms with van der Waals surface area (Å²) in [6.07, 6.45) is -2.60. The Labute approximate surface area is 319 Å². The van der Waals surface area contributed by atoms with E-state index in [9.17, 15) is 17.6 Å². The molecule has 7 rings (SSSR count). The van der Waals surface area contributed by atoms with Crippen molar-refractivity contribution in [1.82, 2.24) is 34.5 Å². The summed E-state index contributed by atoms with van der Waals surface area (Å²) in [6.45, 7) is -1.64. The summed E-state index contributed by atoms with van der Waals surface area (Å²) >= 11 is 5.81. The molecule has 0 aliphatic heterocycles. The molecule has 4 heterocycles.